The van der Waals surface area contributed by atoms with Gasteiger partial charge in [-0.3, -0.25) is 0 Å². The molecule has 0 heterocycles. The predicted molar refractivity (Wildman–Crippen MR) is 70.1 cm³/mol. The second-order valence-electron chi connectivity index (χ2n) is 3.98. The van der Waals surface area contributed by atoms with Crippen molar-refractivity contribution < 1.29 is 8.42 Å². The summed E-state index contributed by atoms with van der Waals surface area (Å²) < 4.78 is 24.9. The number of sulfone groups is 1. The van der Waals surface area contributed by atoms with Gasteiger partial charge in [0.15, 0.2) is 9.84 Å². The average molecular weight is 306 g/mol. The van der Waals surface area contributed by atoms with Gasteiger partial charge < -0.3 is 5.73 Å². The first-order chi connectivity index (χ1) is 7.36. The molecule has 16 heavy (non-hydrogen) atoms. The van der Waals surface area contributed by atoms with Gasteiger partial charge in [-0.15, -0.1) is 0 Å². The summed E-state index contributed by atoms with van der Waals surface area (Å²) in [5, 5.41) is 0. The van der Waals surface area contributed by atoms with E-state index in [-0.39, 0.29) is 16.6 Å². The molecule has 0 radical (unpaired) electrons. The highest BCUT2D eigenvalue weighted by Gasteiger charge is 2.20. The number of anilines is 1. The molecule has 5 heteroatoms. The number of rotatable bonds is 4. The molecule has 0 bridgehead atoms. The van der Waals surface area contributed by atoms with Gasteiger partial charge in [-0.2, -0.15) is 0 Å². The Balaban J connectivity index is 3.12. The van der Waals surface area contributed by atoms with Crippen molar-refractivity contribution >= 4 is 31.5 Å². The molecule has 1 aromatic carbocycles. The summed E-state index contributed by atoms with van der Waals surface area (Å²) >= 11 is 3.25. The Labute approximate surface area is 105 Å². The van der Waals surface area contributed by atoms with Crippen LogP contribution in [0.3, 0.4) is 0 Å². The van der Waals surface area contributed by atoms with E-state index in [9.17, 15) is 8.42 Å². The second kappa shape index (κ2) is 5.19. The highest BCUT2D eigenvalue weighted by Crippen LogP contribution is 2.25. The lowest BCUT2D eigenvalue weighted by Gasteiger charge is -2.11. The van der Waals surface area contributed by atoms with Gasteiger partial charge in [-0.25, -0.2) is 8.42 Å². The number of hydrogen-bond donors (Lipinski definition) is 1. The van der Waals surface area contributed by atoms with Gasteiger partial charge in [0, 0.05) is 4.47 Å². The van der Waals surface area contributed by atoms with Crippen LogP contribution in [-0.2, 0) is 9.84 Å². The lowest BCUT2D eigenvalue weighted by Crippen LogP contribution is -2.15. The molecule has 0 aliphatic rings. The molecule has 90 valence electrons. The Bertz CT molecular complexity index is 471. The van der Waals surface area contributed by atoms with Crippen LogP contribution in [-0.4, -0.2) is 14.2 Å². The summed E-state index contributed by atoms with van der Waals surface area (Å²) in [7, 11) is -3.28. The van der Waals surface area contributed by atoms with Gasteiger partial charge >= 0.3 is 0 Å². The number of nitrogens with two attached hydrogens (primary N) is 1. The summed E-state index contributed by atoms with van der Waals surface area (Å²) in [6.45, 7) is 3.90. The van der Waals surface area contributed by atoms with Crippen LogP contribution in [0.5, 0.6) is 0 Å². The fraction of sp³-hybridized carbons (Fsp3) is 0.455. The van der Waals surface area contributed by atoms with Crippen molar-refractivity contribution in [2.24, 2.45) is 5.92 Å². The third-order valence-electron chi connectivity index (χ3n) is 2.51. The van der Waals surface area contributed by atoms with E-state index < -0.39 is 9.84 Å². The van der Waals surface area contributed by atoms with Crippen molar-refractivity contribution in [3.05, 3.63) is 22.7 Å². The van der Waals surface area contributed by atoms with Gasteiger partial charge in [-0.05, 0) is 24.1 Å². The maximum absolute atomic E-state index is 12.1. The smallest absolute Gasteiger partial charge is 0.180 e. The monoisotopic (exact) mass is 305 g/mol. The molecule has 0 spiro atoms. The van der Waals surface area contributed by atoms with Crippen LogP contribution in [0.4, 0.5) is 5.69 Å². The second-order valence-corrected chi connectivity index (χ2v) is 6.90. The van der Waals surface area contributed by atoms with E-state index in [0.29, 0.717) is 5.69 Å². The lowest BCUT2D eigenvalue weighted by molar-refractivity contribution is 0.564. The number of benzene rings is 1. The van der Waals surface area contributed by atoms with E-state index in [4.69, 9.17) is 5.73 Å². The summed E-state index contributed by atoms with van der Waals surface area (Å²) in [6, 6.07) is 4.90. The van der Waals surface area contributed by atoms with E-state index in [0.717, 1.165) is 10.9 Å². The fourth-order valence-corrected chi connectivity index (χ4v) is 3.77. The van der Waals surface area contributed by atoms with Crippen LogP contribution in [0.25, 0.3) is 0 Å². The van der Waals surface area contributed by atoms with Crippen molar-refractivity contribution in [1.29, 1.82) is 0 Å². The SMILES string of the molecule is CCC(C)CS(=O)(=O)c1cc(Br)ccc1N. The third kappa shape index (κ3) is 3.22. The molecular weight excluding hydrogens is 290 g/mol. The minimum Gasteiger partial charge on any atom is -0.398 e. The van der Waals surface area contributed by atoms with Crippen LogP contribution in [0.15, 0.2) is 27.6 Å². The fourth-order valence-electron chi connectivity index (χ4n) is 1.36. The number of hydrogen-bond acceptors (Lipinski definition) is 3. The first kappa shape index (κ1) is 13.5. The highest BCUT2D eigenvalue weighted by molar-refractivity contribution is 9.10. The molecule has 0 aliphatic heterocycles. The van der Waals surface area contributed by atoms with E-state index in [2.05, 4.69) is 15.9 Å². The molecule has 1 rings (SSSR count). The zero-order valence-corrected chi connectivity index (χ0v) is 11.8. The molecular formula is C11H16BrNO2S. The summed E-state index contributed by atoms with van der Waals surface area (Å²) in [4.78, 5) is 0.224. The van der Waals surface area contributed by atoms with Gasteiger partial charge in [0.1, 0.15) is 0 Å². The molecule has 1 atom stereocenters. The molecule has 0 aromatic heterocycles. The van der Waals surface area contributed by atoms with Gasteiger partial charge in [0.2, 0.25) is 0 Å². The number of halogens is 1. The molecule has 1 unspecified atom stereocenters. The molecule has 0 fully saturated rings. The normalized spacial score (nSPS) is 13.7. The summed E-state index contributed by atoms with van der Waals surface area (Å²) in [5.41, 5.74) is 6.00. The van der Waals surface area contributed by atoms with Crippen molar-refractivity contribution in [3.8, 4) is 0 Å². The minimum absolute atomic E-state index is 0.142. The van der Waals surface area contributed by atoms with Crippen molar-refractivity contribution in [1.82, 2.24) is 0 Å². The van der Waals surface area contributed by atoms with E-state index in [1.807, 2.05) is 13.8 Å². The predicted octanol–water partition coefficient (Wildman–Crippen LogP) is 2.85. The topological polar surface area (TPSA) is 60.2 Å². The first-order valence-electron chi connectivity index (χ1n) is 5.14. The summed E-state index contributed by atoms with van der Waals surface area (Å²) in [6.07, 6.45) is 0.840. The standard InChI is InChI=1S/C11H16BrNO2S/c1-3-8(2)7-16(14,15)11-6-9(12)4-5-10(11)13/h4-6,8H,3,7,13H2,1-2H3. The largest absolute Gasteiger partial charge is 0.398 e. The number of nitrogen functional groups attached to an aromatic ring is 1. The molecule has 0 saturated heterocycles. The van der Waals surface area contributed by atoms with Gasteiger partial charge in [0.25, 0.3) is 0 Å². The quantitative estimate of drug-likeness (QED) is 0.870. The Morgan fingerprint density at radius 3 is 2.62 bits per heavy atom. The molecule has 0 amide bonds. The van der Waals surface area contributed by atoms with Crippen LogP contribution in [0.2, 0.25) is 0 Å². The zero-order chi connectivity index (χ0) is 12.3. The lowest BCUT2D eigenvalue weighted by atomic mass is 10.2. The van der Waals surface area contributed by atoms with Gasteiger partial charge in [0.05, 0.1) is 16.3 Å². The molecule has 0 aliphatic carbocycles. The van der Waals surface area contributed by atoms with E-state index in [1.165, 1.54) is 0 Å². The van der Waals surface area contributed by atoms with E-state index >= 15 is 0 Å². The summed E-state index contributed by atoms with van der Waals surface area (Å²) in [5.74, 6) is 0.285. The van der Waals surface area contributed by atoms with Crippen LogP contribution in [0, 0.1) is 5.92 Å². The Kier molecular flexibility index (Phi) is 4.38. The molecule has 1 aromatic rings. The van der Waals surface area contributed by atoms with Crippen molar-refractivity contribution in [3.63, 3.8) is 0 Å². The van der Waals surface area contributed by atoms with Gasteiger partial charge in [-0.1, -0.05) is 36.2 Å². The van der Waals surface area contributed by atoms with Crippen LogP contribution >= 0.6 is 15.9 Å². The van der Waals surface area contributed by atoms with Crippen LogP contribution in [0.1, 0.15) is 20.3 Å². The van der Waals surface area contributed by atoms with Crippen molar-refractivity contribution in [2.75, 3.05) is 11.5 Å². The highest BCUT2D eigenvalue weighted by atomic mass is 79.9. The maximum atomic E-state index is 12.1. The Morgan fingerprint density at radius 1 is 1.44 bits per heavy atom. The Hall–Kier alpha value is -0.550. The minimum atomic E-state index is -3.28. The third-order valence-corrected chi connectivity index (χ3v) is 5.04. The zero-order valence-electron chi connectivity index (χ0n) is 9.40. The van der Waals surface area contributed by atoms with Crippen LogP contribution < -0.4 is 5.73 Å². The molecule has 0 saturated carbocycles. The van der Waals surface area contributed by atoms with Crippen molar-refractivity contribution in [2.45, 2.75) is 25.2 Å². The maximum Gasteiger partial charge on any atom is 0.180 e. The molecule has 2 N–H and O–H groups in total. The average Bonchev–Trinajstić information content (AvgIpc) is 2.20. The molecule has 3 nitrogen and oxygen atoms in total. The first-order valence-corrected chi connectivity index (χ1v) is 7.59. The van der Waals surface area contributed by atoms with E-state index in [1.54, 1.807) is 18.2 Å². The Morgan fingerprint density at radius 2 is 2.06 bits per heavy atom.